The largest absolute Gasteiger partial charge is 0.324 e. The number of aryl methyl sites for hydroxylation is 1. The summed E-state index contributed by atoms with van der Waals surface area (Å²) in [5.41, 5.74) is 2.09. The van der Waals surface area contributed by atoms with Gasteiger partial charge in [-0.2, -0.15) is 9.40 Å². The third kappa shape index (κ3) is 5.79. The van der Waals surface area contributed by atoms with E-state index in [9.17, 15) is 13.2 Å². The van der Waals surface area contributed by atoms with Crippen LogP contribution in [0.25, 0.3) is 5.69 Å². The number of hydrogen-bond donors (Lipinski definition) is 1. The maximum atomic E-state index is 12.9. The molecule has 0 unspecified atom stereocenters. The first-order chi connectivity index (χ1) is 15.9. The number of sulfonamides is 1. The van der Waals surface area contributed by atoms with Gasteiger partial charge in [0, 0.05) is 24.5 Å². The third-order valence-electron chi connectivity index (χ3n) is 5.67. The molecule has 2 aromatic carbocycles. The number of anilines is 1. The highest BCUT2D eigenvalue weighted by Gasteiger charge is 2.24. The molecular formula is C23H26ClN5O3S. The van der Waals surface area contributed by atoms with Crippen molar-refractivity contribution in [3.63, 3.8) is 0 Å². The van der Waals surface area contributed by atoms with E-state index in [2.05, 4.69) is 15.4 Å². The van der Waals surface area contributed by atoms with Crippen molar-refractivity contribution < 1.29 is 13.2 Å². The molecule has 8 nitrogen and oxygen atoms in total. The lowest BCUT2D eigenvalue weighted by molar-refractivity contribution is -0.116. The first-order valence-corrected chi connectivity index (χ1v) is 12.8. The van der Waals surface area contributed by atoms with E-state index in [-0.39, 0.29) is 12.3 Å². The first kappa shape index (κ1) is 23.4. The van der Waals surface area contributed by atoms with E-state index in [1.165, 1.54) is 6.33 Å². The maximum absolute atomic E-state index is 12.9. The number of hydrogen-bond acceptors (Lipinski definition) is 5. The highest BCUT2D eigenvalue weighted by Crippen LogP contribution is 2.25. The zero-order valence-electron chi connectivity index (χ0n) is 18.2. The van der Waals surface area contributed by atoms with E-state index in [0.29, 0.717) is 40.8 Å². The zero-order chi connectivity index (χ0) is 23.3. The summed E-state index contributed by atoms with van der Waals surface area (Å²) in [4.78, 5) is 16.8. The Bertz CT molecular complexity index is 1190. The standard InChI is InChI=1S/C23H26ClN5O3S/c24-19-8-11-22(29-17-25-16-26-29)21(15-19)27-23(30)12-7-18-5-9-20(10-6-18)33(31,32)28-13-3-1-2-4-14-28/h5-6,8-11,15-17H,1-4,7,12-14H2,(H,27,30). The smallest absolute Gasteiger partial charge is 0.243 e. The van der Waals surface area contributed by atoms with Gasteiger partial charge in [-0.15, -0.1) is 0 Å². The number of carbonyl (C=O) groups is 1. The topological polar surface area (TPSA) is 97.2 Å². The van der Waals surface area contributed by atoms with Crippen LogP contribution in [0.3, 0.4) is 0 Å². The van der Waals surface area contributed by atoms with Gasteiger partial charge in [0.05, 0.1) is 16.3 Å². The van der Waals surface area contributed by atoms with E-state index in [4.69, 9.17) is 11.6 Å². The summed E-state index contributed by atoms with van der Waals surface area (Å²) in [5.74, 6) is -0.181. The van der Waals surface area contributed by atoms with Crippen LogP contribution in [0.5, 0.6) is 0 Å². The Labute approximate surface area is 198 Å². The molecule has 0 radical (unpaired) electrons. The van der Waals surface area contributed by atoms with Crippen LogP contribution >= 0.6 is 11.6 Å². The Morgan fingerprint density at radius 1 is 1.03 bits per heavy atom. The van der Waals surface area contributed by atoms with Crippen molar-refractivity contribution in [1.29, 1.82) is 0 Å². The monoisotopic (exact) mass is 487 g/mol. The van der Waals surface area contributed by atoms with Crippen LogP contribution < -0.4 is 5.32 Å². The molecule has 3 aromatic rings. The van der Waals surface area contributed by atoms with Gasteiger partial charge in [0.15, 0.2) is 0 Å². The summed E-state index contributed by atoms with van der Waals surface area (Å²) < 4.78 is 29.0. The minimum atomic E-state index is -3.48. The van der Waals surface area contributed by atoms with Crippen molar-refractivity contribution in [1.82, 2.24) is 19.1 Å². The van der Waals surface area contributed by atoms with Gasteiger partial charge in [-0.3, -0.25) is 4.79 Å². The molecule has 1 aromatic heterocycles. The van der Waals surface area contributed by atoms with E-state index in [1.807, 2.05) is 0 Å². The van der Waals surface area contributed by atoms with Crippen molar-refractivity contribution in [3.05, 3.63) is 65.7 Å². The Kier molecular flexibility index (Phi) is 7.42. The molecule has 33 heavy (non-hydrogen) atoms. The van der Waals surface area contributed by atoms with Gasteiger partial charge in [0.1, 0.15) is 12.7 Å². The Morgan fingerprint density at radius 2 is 1.76 bits per heavy atom. The average molecular weight is 488 g/mol. The Morgan fingerprint density at radius 3 is 2.42 bits per heavy atom. The number of nitrogens with zero attached hydrogens (tertiary/aromatic N) is 4. The summed E-state index contributed by atoms with van der Waals surface area (Å²) in [5, 5.41) is 7.48. The highest BCUT2D eigenvalue weighted by molar-refractivity contribution is 7.89. The summed E-state index contributed by atoms with van der Waals surface area (Å²) in [6.07, 6.45) is 7.62. The molecule has 1 amide bonds. The number of benzene rings is 2. The number of nitrogens with one attached hydrogen (secondary N) is 1. The van der Waals surface area contributed by atoms with Crippen molar-refractivity contribution in [2.75, 3.05) is 18.4 Å². The SMILES string of the molecule is O=C(CCc1ccc(S(=O)(=O)N2CCCCCC2)cc1)Nc1cc(Cl)ccc1-n1cncn1. The summed E-state index contributed by atoms with van der Waals surface area (Å²) in [7, 11) is -3.48. The lowest BCUT2D eigenvalue weighted by Crippen LogP contribution is -2.31. The summed E-state index contributed by atoms with van der Waals surface area (Å²) in [6, 6.07) is 12.0. The zero-order valence-corrected chi connectivity index (χ0v) is 19.7. The second kappa shape index (κ2) is 10.5. The molecular weight excluding hydrogens is 462 g/mol. The first-order valence-electron chi connectivity index (χ1n) is 11.0. The van der Waals surface area contributed by atoms with Gasteiger partial charge in [-0.25, -0.2) is 18.1 Å². The van der Waals surface area contributed by atoms with Crippen LogP contribution in [0, 0.1) is 0 Å². The predicted molar refractivity (Wildman–Crippen MR) is 127 cm³/mol. The molecule has 0 aliphatic carbocycles. The Hall–Kier alpha value is -2.75. The average Bonchev–Trinajstić information content (AvgIpc) is 3.19. The number of amides is 1. The van der Waals surface area contributed by atoms with E-state index in [1.54, 1.807) is 57.8 Å². The third-order valence-corrected chi connectivity index (χ3v) is 7.81. The predicted octanol–water partition coefficient (Wildman–Crippen LogP) is 4.06. The van der Waals surface area contributed by atoms with Crippen molar-refractivity contribution in [3.8, 4) is 5.69 Å². The maximum Gasteiger partial charge on any atom is 0.243 e. The van der Waals surface area contributed by atoms with Crippen molar-refractivity contribution >= 4 is 33.2 Å². The van der Waals surface area contributed by atoms with E-state index in [0.717, 1.165) is 31.2 Å². The van der Waals surface area contributed by atoms with Crippen molar-refractivity contribution in [2.24, 2.45) is 0 Å². The minimum Gasteiger partial charge on any atom is -0.324 e. The second-order valence-corrected chi connectivity index (χ2v) is 10.4. The number of halogens is 1. The van der Waals surface area contributed by atoms with Gasteiger partial charge in [-0.1, -0.05) is 36.6 Å². The molecule has 1 aliphatic heterocycles. The summed E-state index contributed by atoms with van der Waals surface area (Å²) >= 11 is 6.10. The molecule has 0 bridgehead atoms. The van der Waals surface area contributed by atoms with Gasteiger partial charge < -0.3 is 5.32 Å². The van der Waals surface area contributed by atoms with E-state index >= 15 is 0 Å². The van der Waals surface area contributed by atoms with Crippen LogP contribution in [0.1, 0.15) is 37.7 Å². The second-order valence-electron chi connectivity index (χ2n) is 8.01. The molecule has 10 heteroatoms. The highest BCUT2D eigenvalue weighted by atomic mass is 35.5. The molecule has 0 saturated carbocycles. The van der Waals surface area contributed by atoms with Crippen molar-refractivity contribution in [2.45, 2.75) is 43.4 Å². The lowest BCUT2D eigenvalue weighted by Gasteiger charge is -2.20. The van der Waals surface area contributed by atoms with Crippen LogP contribution in [-0.4, -0.2) is 46.5 Å². The molecule has 0 spiro atoms. The van der Waals surface area contributed by atoms with Gasteiger partial charge in [0.25, 0.3) is 0 Å². The van der Waals surface area contributed by atoms with Gasteiger partial charge in [0.2, 0.25) is 15.9 Å². The quantitative estimate of drug-likeness (QED) is 0.542. The molecule has 4 rings (SSSR count). The number of rotatable bonds is 7. The van der Waals surface area contributed by atoms with Gasteiger partial charge >= 0.3 is 0 Å². The van der Waals surface area contributed by atoms with Crippen LogP contribution in [-0.2, 0) is 21.2 Å². The fourth-order valence-corrected chi connectivity index (χ4v) is 5.56. The number of aromatic nitrogens is 3. The molecule has 2 heterocycles. The van der Waals surface area contributed by atoms with E-state index < -0.39 is 10.0 Å². The van der Waals surface area contributed by atoms with Crippen LogP contribution in [0.2, 0.25) is 5.02 Å². The normalized spacial score (nSPS) is 15.2. The molecule has 0 atom stereocenters. The molecule has 1 saturated heterocycles. The molecule has 1 fully saturated rings. The fraction of sp³-hybridized carbons (Fsp3) is 0.348. The van der Waals surface area contributed by atoms with Crippen LogP contribution in [0.4, 0.5) is 5.69 Å². The minimum absolute atomic E-state index is 0.181. The summed E-state index contributed by atoms with van der Waals surface area (Å²) in [6.45, 7) is 1.15. The fourth-order valence-electron chi connectivity index (χ4n) is 3.87. The molecule has 1 N–H and O–H groups in total. The molecule has 1 aliphatic rings. The molecule has 174 valence electrons. The lowest BCUT2D eigenvalue weighted by atomic mass is 10.1. The Balaban J connectivity index is 1.38. The number of carbonyl (C=O) groups excluding carboxylic acids is 1. The van der Waals surface area contributed by atoms with Crippen LogP contribution in [0.15, 0.2) is 60.0 Å². The van der Waals surface area contributed by atoms with Gasteiger partial charge in [-0.05, 0) is 55.2 Å².